The van der Waals surface area contributed by atoms with Gasteiger partial charge in [0.2, 0.25) is 0 Å². The standard InChI is InChI=1S/C29H49N.C28H47N/c1-5-7-8-10-25-13-20-29(30-21-25)23(4)28-18-16-27(17-19-28)22(3)26-14-11-24(9-6-2)12-15-26;1-5-7-9-24-12-19-28(29-20-24)22(4)27-17-15-26(16-18-27)21(3)25-13-10-23(8-6-2)11-14-25/h13,20-24,26-28H,5-12,14-19H2,1-4H3;12,19-23,25-27H,5-11,13-18H2,1-4H3. The summed E-state index contributed by atoms with van der Waals surface area (Å²) in [6.45, 7) is 19.3. The molecule has 0 bridgehead atoms. The van der Waals surface area contributed by atoms with E-state index in [0.717, 1.165) is 59.2 Å². The maximum atomic E-state index is 4.88. The van der Waals surface area contributed by atoms with E-state index < -0.39 is 0 Å². The number of pyridine rings is 2. The van der Waals surface area contributed by atoms with Crippen LogP contribution in [-0.4, -0.2) is 9.97 Å². The quantitative estimate of drug-likeness (QED) is 0.132. The molecule has 0 aromatic carbocycles. The van der Waals surface area contributed by atoms with Gasteiger partial charge >= 0.3 is 0 Å². The summed E-state index contributed by atoms with van der Waals surface area (Å²) in [4.78, 5) is 9.74. The number of aromatic nitrogens is 2. The molecule has 2 heterocycles. The number of hydrogen-bond donors (Lipinski definition) is 0. The number of rotatable bonds is 19. The first-order chi connectivity index (χ1) is 28.7. The lowest BCUT2D eigenvalue weighted by molar-refractivity contribution is 0.118. The molecule has 0 spiro atoms. The molecule has 59 heavy (non-hydrogen) atoms. The van der Waals surface area contributed by atoms with Gasteiger partial charge in [-0.3, -0.25) is 9.97 Å². The van der Waals surface area contributed by atoms with Crippen molar-refractivity contribution < 1.29 is 0 Å². The average molecular weight is 809 g/mol. The third-order valence-corrected chi connectivity index (χ3v) is 17.7. The van der Waals surface area contributed by atoms with Crippen LogP contribution in [0.2, 0.25) is 0 Å². The molecule has 2 nitrogen and oxygen atoms in total. The Labute approximate surface area is 367 Å². The summed E-state index contributed by atoms with van der Waals surface area (Å²) in [5.74, 6) is 10.9. The van der Waals surface area contributed by atoms with Crippen LogP contribution in [0.25, 0.3) is 0 Å². The van der Waals surface area contributed by atoms with Crippen molar-refractivity contribution in [1.82, 2.24) is 9.97 Å². The van der Waals surface area contributed by atoms with Crippen molar-refractivity contribution in [2.45, 2.75) is 241 Å². The van der Waals surface area contributed by atoms with Gasteiger partial charge in [-0.25, -0.2) is 0 Å². The number of nitrogens with zero attached hydrogens (tertiary/aromatic N) is 2. The number of hydrogen-bond acceptors (Lipinski definition) is 2. The largest absolute Gasteiger partial charge is 0.261 e. The first-order valence-corrected chi connectivity index (χ1v) is 26.6. The molecule has 4 aliphatic rings. The predicted octanol–water partition coefficient (Wildman–Crippen LogP) is 17.5. The molecule has 4 fully saturated rings. The van der Waals surface area contributed by atoms with Crippen molar-refractivity contribution in [2.75, 3.05) is 0 Å². The molecule has 4 saturated carbocycles. The summed E-state index contributed by atoms with van der Waals surface area (Å²) in [5.41, 5.74) is 5.50. The summed E-state index contributed by atoms with van der Waals surface area (Å²) in [7, 11) is 0. The molecular weight excluding hydrogens is 713 g/mol. The van der Waals surface area contributed by atoms with Gasteiger partial charge < -0.3 is 0 Å². The topological polar surface area (TPSA) is 25.8 Å². The molecule has 2 aromatic heterocycles. The zero-order chi connectivity index (χ0) is 42.0. The monoisotopic (exact) mass is 809 g/mol. The van der Waals surface area contributed by atoms with Crippen LogP contribution in [-0.2, 0) is 12.8 Å². The molecule has 6 rings (SSSR count). The normalized spacial score (nSPS) is 29.8. The predicted molar refractivity (Wildman–Crippen MR) is 257 cm³/mol. The van der Waals surface area contributed by atoms with Crippen molar-refractivity contribution in [3.63, 3.8) is 0 Å². The van der Waals surface area contributed by atoms with E-state index in [1.165, 1.54) is 196 Å². The zero-order valence-corrected chi connectivity index (χ0v) is 40.4. The fraction of sp³-hybridized carbons (Fsp3) is 0.825. The second kappa shape index (κ2) is 26.0. The Morgan fingerprint density at radius 3 is 1.07 bits per heavy atom. The van der Waals surface area contributed by atoms with Gasteiger partial charge in [0.15, 0.2) is 0 Å². The first-order valence-electron chi connectivity index (χ1n) is 26.6. The third kappa shape index (κ3) is 15.0. The highest BCUT2D eigenvalue weighted by molar-refractivity contribution is 5.18. The van der Waals surface area contributed by atoms with Gasteiger partial charge in [-0.05, 0) is 185 Å². The van der Waals surface area contributed by atoms with E-state index in [9.17, 15) is 0 Å². The van der Waals surface area contributed by atoms with Crippen LogP contribution in [0.15, 0.2) is 36.7 Å². The summed E-state index contributed by atoms with van der Waals surface area (Å²) in [6.07, 6.45) is 42.4. The second-order valence-corrected chi connectivity index (χ2v) is 21.5. The van der Waals surface area contributed by atoms with Crippen LogP contribution < -0.4 is 0 Å². The number of unbranched alkanes of at least 4 members (excludes halogenated alkanes) is 3. The van der Waals surface area contributed by atoms with Crippen molar-refractivity contribution in [3.8, 4) is 0 Å². The van der Waals surface area contributed by atoms with Gasteiger partial charge in [-0.1, -0.05) is 138 Å². The molecule has 0 saturated heterocycles. The van der Waals surface area contributed by atoms with E-state index >= 15 is 0 Å². The Morgan fingerprint density at radius 1 is 0.407 bits per heavy atom. The number of aryl methyl sites for hydroxylation is 2. The summed E-state index contributed by atoms with van der Waals surface area (Å²) < 4.78 is 0. The van der Waals surface area contributed by atoms with Gasteiger partial charge in [-0.15, -0.1) is 0 Å². The molecule has 0 aliphatic heterocycles. The highest BCUT2D eigenvalue weighted by Crippen LogP contribution is 2.47. The van der Waals surface area contributed by atoms with Crippen LogP contribution in [0.3, 0.4) is 0 Å². The van der Waals surface area contributed by atoms with Crippen LogP contribution in [0, 0.1) is 59.2 Å². The van der Waals surface area contributed by atoms with Crippen LogP contribution in [0.4, 0.5) is 0 Å². The van der Waals surface area contributed by atoms with Gasteiger partial charge in [0.05, 0.1) is 0 Å². The van der Waals surface area contributed by atoms with Gasteiger partial charge in [0.1, 0.15) is 0 Å². The van der Waals surface area contributed by atoms with Gasteiger partial charge in [0.25, 0.3) is 0 Å². The summed E-state index contributed by atoms with van der Waals surface area (Å²) in [5, 5.41) is 0. The molecule has 0 radical (unpaired) electrons. The lowest BCUT2D eigenvalue weighted by Gasteiger charge is -2.40. The van der Waals surface area contributed by atoms with Gasteiger partial charge in [-0.2, -0.15) is 0 Å². The molecule has 334 valence electrons. The molecule has 4 aliphatic carbocycles. The van der Waals surface area contributed by atoms with Crippen molar-refractivity contribution >= 4 is 0 Å². The molecule has 0 N–H and O–H groups in total. The maximum absolute atomic E-state index is 4.88. The Balaban J connectivity index is 0.000000224. The average Bonchev–Trinajstić information content (AvgIpc) is 3.29. The Bertz CT molecular complexity index is 1350. The minimum atomic E-state index is 0.621. The fourth-order valence-electron chi connectivity index (χ4n) is 13.1. The fourth-order valence-corrected chi connectivity index (χ4v) is 13.1. The highest BCUT2D eigenvalue weighted by atomic mass is 14.7. The lowest BCUT2D eigenvalue weighted by Crippen LogP contribution is -2.29. The SMILES string of the molecule is CCCCCc1ccc(C(C)C2CCC(C(C)C3CCC(CCC)CC3)CC2)nc1.CCCCc1ccc(C(C)C2CCC(C(C)C3CCC(CCC)CC3)CC2)nc1. The third-order valence-electron chi connectivity index (χ3n) is 17.7. The van der Waals surface area contributed by atoms with Crippen molar-refractivity contribution in [3.05, 3.63) is 59.2 Å². The molecule has 4 unspecified atom stereocenters. The first kappa shape index (κ1) is 48.3. The Hall–Kier alpha value is -1.70. The second-order valence-electron chi connectivity index (χ2n) is 21.5. The van der Waals surface area contributed by atoms with Crippen LogP contribution >= 0.6 is 0 Å². The van der Waals surface area contributed by atoms with E-state index in [0.29, 0.717) is 11.8 Å². The minimum Gasteiger partial charge on any atom is -0.261 e. The molecule has 2 aromatic rings. The lowest BCUT2D eigenvalue weighted by atomic mass is 9.66. The Morgan fingerprint density at radius 2 is 0.746 bits per heavy atom. The molecule has 0 amide bonds. The molecule has 4 atom stereocenters. The van der Waals surface area contributed by atoms with Crippen LogP contribution in [0.1, 0.15) is 250 Å². The van der Waals surface area contributed by atoms with E-state index in [1.54, 1.807) is 0 Å². The maximum Gasteiger partial charge on any atom is 0.0434 e. The van der Waals surface area contributed by atoms with Crippen molar-refractivity contribution in [2.24, 2.45) is 59.2 Å². The Kier molecular flexibility index (Phi) is 21.3. The zero-order valence-electron chi connectivity index (χ0n) is 40.4. The van der Waals surface area contributed by atoms with Crippen LogP contribution in [0.5, 0.6) is 0 Å². The van der Waals surface area contributed by atoms with E-state index in [4.69, 9.17) is 9.97 Å². The van der Waals surface area contributed by atoms with E-state index in [-0.39, 0.29) is 0 Å². The minimum absolute atomic E-state index is 0.621. The highest BCUT2D eigenvalue weighted by Gasteiger charge is 2.35. The summed E-state index contributed by atoms with van der Waals surface area (Å²) >= 11 is 0. The molecular formula is C57H96N2. The summed E-state index contributed by atoms with van der Waals surface area (Å²) in [6, 6.07) is 9.32. The van der Waals surface area contributed by atoms with E-state index in [1.807, 2.05) is 0 Å². The van der Waals surface area contributed by atoms with Crippen molar-refractivity contribution in [1.29, 1.82) is 0 Å². The molecule has 2 heteroatoms. The van der Waals surface area contributed by atoms with Gasteiger partial charge in [0, 0.05) is 35.6 Å². The van der Waals surface area contributed by atoms with E-state index in [2.05, 4.69) is 92.0 Å². The smallest absolute Gasteiger partial charge is 0.0434 e.